The van der Waals surface area contributed by atoms with Crippen LogP contribution in [0.15, 0.2) is 0 Å². The molecule has 1 amide bonds. The third kappa shape index (κ3) is 5.21. The number of carbonyl (C=O) groups excluding carboxylic acids is 1. The van der Waals surface area contributed by atoms with Crippen LogP contribution in [0.1, 0.15) is 50.9 Å². The molecule has 0 bridgehead atoms. The lowest BCUT2D eigenvalue weighted by Crippen LogP contribution is -2.26. The first-order valence-electron chi connectivity index (χ1n) is 7.56. The predicted octanol–water partition coefficient (Wildman–Crippen LogP) is 2.28. The third-order valence-electron chi connectivity index (χ3n) is 3.13. The van der Waals surface area contributed by atoms with Gasteiger partial charge in [0.2, 0.25) is 5.91 Å². The molecule has 0 aromatic carbocycles. The van der Waals surface area contributed by atoms with Crippen LogP contribution in [0.4, 0.5) is 11.6 Å². The van der Waals surface area contributed by atoms with E-state index in [0.717, 1.165) is 36.0 Å². The second-order valence-corrected chi connectivity index (χ2v) is 5.34. The largest absolute Gasteiger partial charge is 0.373 e. The standard InChI is InChI=1S/C15H27N5O/c1-6-8-17-12(21)7-9-18-15-11(4)14(16-5)19-13(20-15)10(2)3/h10H,6-9H2,1-5H3,(H,17,21)(H2,16,18,19,20). The Kier molecular flexibility index (Phi) is 6.91. The Hall–Kier alpha value is -1.85. The predicted molar refractivity (Wildman–Crippen MR) is 86.8 cm³/mol. The van der Waals surface area contributed by atoms with E-state index >= 15 is 0 Å². The molecule has 0 aliphatic rings. The highest BCUT2D eigenvalue weighted by Crippen LogP contribution is 2.22. The average Bonchev–Trinajstić information content (AvgIpc) is 2.46. The van der Waals surface area contributed by atoms with Gasteiger partial charge in [-0.2, -0.15) is 0 Å². The Morgan fingerprint density at radius 3 is 2.43 bits per heavy atom. The maximum absolute atomic E-state index is 11.6. The van der Waals surface area contributed by atoms with E-state index in [1.54, 1.807) is 0 Å². The molecule has 0 fully saturated rings. The number of aromatic nitrogens is 2. The summed E-state index contributed by atoms with van der Waals surface area (Å²) in [7, 11) is 1.85. The van der Waals surface area contributed by atoms with Crippen molar-refractivity contribution in [1.82, 2.24) is 15.3 Å². The van der Waals surface area contributed by atoms with Crippen LogP contribution >= 0.6 is 0 Å². The molecule has 1 rings (SSSR count). The Morgan fingerprint density at radius 2 is 1.86 bits per heavy atom. The molecule has 0 aliphatic carbocycles. The minimum absolute atomic E-state index is 0.0639. The van der Waals surface area contributed by atoms with Crippen LogP contribution in [0.5, 0.6) is 0 Å². The monoisotopic (exact) mass is 293 g/mol. The van der Waals surface area contributed by atoms with Gasteiger partial charge in [0.05, 0.1) is 0 Å². The fourth-order valence-corrected chi connectivity index (χ4v) is 1.85. The first-order valence-corrected chi connectivity index (χ1v) is 7.56. The summed E-state index contributed by atoms with van der Waals surface area (Å²) >= 11 is 0. The summed E-state index contributed by atoms with van der Waals surface area (Å²) in [5.74, 6) is 2.73. The molecule has 0 saturated carbocycles. The summed E-state index contributed by atoms with van der Waals surface area (Å²) in [5, 5.41) is 9.19. The number of carbonyl (C=O) groups is 1. The van der Waals surface area contributed by atoms with Crippen molar-refractivity contribution in [2.24, 2.45) is 0 Å². The Labute approximate surface area is 127 Å². The molecule has 6 heteroatoms. The van der Waals surface area contributed by atoms with Crippen molar-refractivity contribution >= 4 is 17.5 Å². The molecule has 3 N–H and O–H groups in total. The van der Waals surface area contributed by atoms with E-state index < -0.39 is 0 Å². The summed E-state index contributed by atoms with van der Waals surface area (Å²) in [6.45, 7) is 9.42. The van der Waals surface area contributed by atoms with Gasteiger partial charge in [0.25, 0.3) is 0 Å². The van der Waals surface area contributed by atoms with E-state index in [1.807, 2.05) is 20.9 Å². The molecule has 21 heavy (non-hydrogen) atoms. The minimum atomic E-state index is 0.0639. The number of rotatable bonds is 8. The zero-order chi connectivity index (χ0) is 15.8. The number of anilines is 2. The Balaban J connectivity index is 2.69. The van der Waals surface area contributed by atoms with E-state index in [0.29, 0.717) is 13.0 Å². The van der Waals surface area contributed by atoms with Crippen molar-refractivity contribution < 1.29 is 4.79 Å². The average molecular weight is 293 g/mol. The van der Waals surface area contributed by atoms with Crippen LogP contribution in [-0.2, 0) is 4.79 Å². The minimum Gasteiger partial charge on any atom is -0.373 e. The fraction of sp³-hybridized carbons (Fsp3) is 0.667. The van der Waals surface area contributed by atoms with Crippen LogP contribution in [0.2, 0.25) is 0 Å². The lowest BCUT2D eigenvalue weighted by atomic mass is 10.2. The van der Waals surface area contributed by atoms with E-state index in [4.69, 9.17) is 0 Å². The van der Waals surface area contributed by atoms with Crippen LogP contribution in [0.25, 0.3) is 0 Å². The summed E-state index contributed by atoms with van der Waals surface area (Å²) in [5.41, 5.74) is 0.968. The highest BCUT2D eigenvalue weighted by molar-refractivity contribution is 5.76. The van der Waals surface area contributed by atoms with E-state index in [9.17, 15) is 4.79 Å². The van der Waals surface area contributed by atoms with Crippen molar-refractivity contribution in [1.29, 1.82) is 0 Å². The topological polar surface area (TPSA) is 78.9 Å². The van der Waals surface area contributed by atoms with Crippen molar-refractivity contribution in [3.63, 3.8) is 0 Å². The van der Waals surface area contributed by atoms with Gasteiger partial charge in [0.15, 0.2) is 0 Å². The normalized spacial score (nSPS) is 10.6. The van der Waals surface area contributed by atoms with E-state index in [1.165, 1.54) is 0 Å². The zero-order valence-electron chi connectivity index (χ0n) is 13.7. The molecule has 0 spiro atoms. The van der Waals surface area contributed by atoms with Gasteiger partial charge in [0, 0.05) is 38.0 Å². The van der Waals surface area contributed by atoms with Crippen LogP contribution in [-0.4, -0.2) is 36.0 Å². The number of hydrogen-bond acceptors (Lipinski definition) is 5. The highest BCUT2D eigenvalue weighted by Gasteiger charge is 2.12. The first kappa shape index (κ1) is 17.2. The van der Waals surface area contributed by atoms with Gasteiger partial charge in [-0.15, -0.1) is 0 Å². The summed E-state index contributed by atoms with van der Waals surface area (Å²) in [6.07, 6.45) is 1.39. The molecule has 118 valence electrons. The highest BCUT2D eigenvalue weighted by atomic mass is 16.1. The van der Waals surface area contributed by atoms with Gasteiger partial charge in [0.1, 0.15) is 17.5 Å². The van der Waals surface area contributed by atoms with Crippen LogP contribution < -0.4 is 16.0 Å². The zero-order valence-corrected chi connectivity index (χ0v) is 13.7. The second-order valence-electron chi connectivity index (χ2n) is 5.34. The fourth-order valence-electron chi connectivity index (χ4n) is 1.85. The molecule has 0 radical (unpaired) electrons. The molecular weight excluding hydrogens is 266 g/mol. The van der Waals surface area contributed by atoms with E-state index in [2.05, 4.69) is 39.8 Å². The molecule has 6 nitrogen and oxygen atoms in total. The van der Waals surface area contributed by atoms with Crippen molar-refractivity contribution in [3.05, 3.63) is 11.4 Å². The lowest BCUT2D eigenvalue weighted by Gasteiger charge is -2.15. The smallest absolute Gasteiger partial charge is 0.221 e. The molecular formula is C15H27N5O. The summed E-state index contributed by atoms with van der Waals surface area (Å²) in [6, 6.07) is 0. The molecule has 0 aliphatic heterocycles. The van der Waals surface area contributed by atoms with Gasteiger partial charge >= 0.3 is 0 Å². The van der Waals surface area contributed by atoms with Crippen LogP contribution in [0.3, 0.4) is 0 Å². The molecule has 1 heterocycles. The van der Waals surface area contributed by atoms with Crippen LogP contribution in [0, 0.1) is 6.92 Å². The molecule has 1 aromatic heterocycles. The maximum atomic E-state index is 11.6. The number of nitrogens with zero attached hydrogens (tertiary/aromatic N) is 2. The first-order chi connectivity index (χ1) is 9.99. The van der Waals surface area contributed by atoms with Gasteiger partial charge in [-0.25, -0.2) is 9.97 Å². The summed E-state index contributed by atoms with van der Waals surface area (Å²) in [4.78, 5) is 20.6. The maximum Gasteiger partial charge on any atom is 0.221 e. The molecule has 0 atom stereocenters. The molecule has 1 aromatic rings. The molecule has 0 saturated heterocycles. The quantitative estimate of drug-likeness (QED) is 0.685. The van der Waals surface area contributed by atoms with Gasteiger partial charge in [-0.3, -0.25) is 4.79 Å². The SMILES string of the molecule is CCCNC(=O)CCNc1nc(C(C)C)nc(NC)c1C. The summed E-state index contributed by atoms with van der Waals surface area (Å²) < 4.78 is 0. The number of hydrogen-bond donors (Lipinski definition) is 3. The Bertz CT molecular complexity index is 473. The van der Waals surface area contributed by atoms with E-state index in [-0.39, 0.29) is 11.8 Å². The van der Waals surface area contributed by atoms with Crippen molar-refractivity contribution in [2.75, 3.05) is 30.8 Å². The van der Waals surface area contributed by atoms with Gasteiger partial charge < -0.3 is 16.0 Å². The Morgan fingerprint density at radius 1 is 1.19 bits per heavy atom. The van der Waals surface area contributed by atoms with Crippen molar-refractivity contribution in [3.8, 4) is 0 Å². The molecule has 0 unspecified atom stereocenters. The second kappa shape index (κ2) is 8.44. The van der Waals surface area contributed by atoms with Gasteiger partial charge in [-0.05, 0) is 13.3 Å². The van der Waals surface area contributed by atoms with Gasteiger partial charge in [-0.1, -0.05) is 20.8 Å². The third-order valence-corrected chi connectivity index (χ3v) is 3.13. The number of nitrogens with one attached hydrogen (secondary N) is 3. The lowest BCUT2D eigenvalue weighted by molar-refractivity contribution is -0.120. The van der Waals surface area contributed by atoms with Crippen molar-refractivity contribution in [2.45, 2.75) is 46.5 Å². The number of amides is 1.